The summed E-state index contributed by atoms with van der Waals surface area (Å²) in [4.78, 5) is 13.7. The predicted molar refractivity (Wildman–Crippen MR) is 48.8 cm³/mol. The normalized spacial score (nSPS) is 16.5. The molecule has 1 saturated heterocycles. The second-order valence-corrected chi connectivity index (χ2v) is 4.77. The third kappa shape index (κ3) is 1.67. The van der Waals surface area contributed by atoms with Crippen molar-refractivity contribution in [3.8, 4) is 0 Å². The molecule has 1 aliphatic rings. The Bertz CT molecular complexity index is 317. The van der Waals surface area contributed by atoms with Gasteiger partial charge >= 0.3 is 82.5 Å². The number of carbonyl (C=O) groups excluding carboxylic acids is 1. The standard InChI is InChI=1S/C8H11N3OSe/c1-6-7(13-10-9-6)8(12)11-4-2-3-5-11/h2-5H2,1H3. The summed E-state index contributed by atoms with van der Waals surface area (Å²) in [5.41, 5.74) is 0.817. The zero-order valence-electron chi connectivity index (χ0n) is 7.49. The Balaban J connectivity index is 2.17. The van der Waals surface area contributed by atoms with Gasteiger partial charge in [-0.15, -0.1) is 0 Å². The molecular weight excluding hydrogens is 233 g/mol. The molecule has 1 amide bonds. The average Bonchev–Trinajstić information content (AvgIpc) is 2.72. The third-order valence-electron chi connectivity index (χ3n) is 2.24. The van der Waals surface area contributed by atoms with Crippen molar-refractivity contribution in [2.24, 2.45) is 0 Å². The van der Waals surface area contributed by atoms with Crippen molar-refractivity contribution in [2.75, 3.05) is 13.1 Å². The molecule has 0 aromatic carbocycles. The summed E-state index contributed by atoms with van der Waals surface area (Å²) in [5.74, 6) is 0.167. The van der Waals surface area contributed by atoms with Crippen LogP contribution in [-0.4, -0.2) is 47.8 Å². The first-order valence-electron chi connectivity index (χ1n) is 4.37. The molecule has 0 aliphatic carbocycles. The molecule has 1 aromatic heterocycles. The van der Waals surface area contributed by atoms with Gasteiger partial charge in [0.1, 0.15) is 0 Å². The first-order chi connectivity index (χ1) is 6.29. The van der Waals surface area contributed by atoms with Gasteiger partial charge in [-0.1, -0.05) is 0 Å². The maximum absolute atomic E-state index is 11.8. The predicted octanol–water partition coefficient (Wildman–Crippen LogP) is 0.0780. The molecule has 0 saturated carbocycles. The number of amides is 1. The van der Waals surface area contributed by atoms with Crippen LogP contribution in [0.4, 0.5) is 0 Å². The second kappa shape index (κ2) is 3.60. The van der Waals surface area contributed by atoms with Gasteiger partial charge in [-0.2, -0.15) is 0 Å². The fraction of sp³-hybridized carbons (Fsp3) is 0.625. The van der Waals surface area contributed by atoms with E-state index in [0.29, 0.717) is 0 Å². The van der Waals surface area contributed by atoms with E-state index >= 15 is 0 Å². The first kappa shape index (κ1) is 8.91. The van der Waals surface area contributed by atoms with Crippen molar-refractivity contribution < 1.29 is 4.79 Å². The molecule has 2 rings (SSSR count). The van der Waals surface area contributed by atoms with Gasteiger partial charge in [-0.05, 0) is 0 Å². The molecular formula is C8H11N3OSe. The van der Waals surface area contributed by atoms with Crippen LogP contribution in [0.1, 0.15) is 27.8 Å². The van der Waals surface area contributed by atoms with Crippen molar-refractivity contribution in [1.29, 1.82) is 0 Å². The number of hydrogen-bond donors (Lipinski definition) is 0. The number of hydrogen-bond acceptors (Lipinski definition) is 3. The minimum absolute atomic E-state index is 0.0657. The summed E-state index contributed by atoms with van der Waals surface area (Å²) in [6.45, 7) is 3.68. The number of likely N-dealkylation sites (tertiary alicyclic amines) is 1. The van der Waals surface area contributed by atoms with Gasteiger partial charge in [0, 0.05) is 0 Å². The molecule has 13 heavy (non-hydrogen) atoms. The van der Waals surface area contributed by atoms with Crippen molar-refractivity contribution in [1.82, 2.24) is 14.1 Å². The van der Waals surface area contributed by atoms with Crippen molar-refractivity contribution in [3.05, 3.63) is 10.1 Å². The van der Waals surface area contributed by atoms with Gasteiger partial charge in [0.15, 0.2) is 0 Å². The van der Waals surface area contributed by atoms with E-state index in [1.165, 1.54) is 0 Å². The topological polar surface area (TPSA) is 46.1 Å². The molecule has 0 N–H and O–H groups in total. The molecule has 4 nitrogen and oxygen atoms in total. The zero-order chi connectivity index (χ0) is 9.26. The Labute approximate surface area is 82.9 Å². The summed E-state index contributed by atoms with van der Waals surface area (Å²) in [7, 11) is 0. The van der Waals surface area contributed by atoms with E-state index in [1.54, 1.807) is 0 Å². The van der Waals surface area contributed by atoms with E-state index in [0.717, 1.165) is 36.1 Å². The Morgan fingerprint density at radius 3 is 2.69 bits per heavy atom. The van der Waals surface area contributed by atoms with Gasteiger partial charge < -0.3 is 0 Å². The summed E-state index contributed by atoms with van der Waals surface area (Å²) >= 11 is -0.0657. The molecule has 2 heterocycles. The summed E-state index contributed by atoms with van der Waals surface area (Å²) in [6, 6.07) is 0. The fourth-order valence-corrected chi connectivity index (χ4v) is 2.80. The summed E-state index contributed by atoms with van der Waals surface area (Å²) in [6.07, 6.45) is 2.28. The molecule has 1 aromatic rings. The Kier molecular flexibility index (Phi) is 2.47. The molecule has 5 heteroatoms. The number of rotatable bonds is 1. The van der Waals surface area contributed by atoms with Crippen LogP contribution in [0.3, 0.4) is 0 Å². The average molecular weight is 244 g/mol. The van der Waals surface area contributed by atoms with Crippen LogP contribution in [0, 0.1) is 6.92 Å². The van der Waals surface area contributed by atoms with Crippen LogP contribution in [0.5, 0.6) is 0 Å². The van der Waals surface area contributed by atoms with Crippen LogP contribution in [0.2, 0.25) is 0 Å². The van der Waals surface area contributed by atoms with Gasteiger partial charge in [-0.25, -0.2) is 0 Å². The van der Waals surface area contributed by atoms with Gasteiger partial charge in [0.2, 0.25) is 0 Å². The molecule has 0 unspecified atom stereocenters. The van der Waals surface area contributed by atoms with Gasteiger partial charge in [0.05, 0.1) is 0 Å². The van der Waals surface area contributed by atoms with Crippen molar-refractivity contribution in [3.63, 3.8) is 0 Å². The van der Waals surface area contributed by atoms with Crippen LogP contribution in [0.15, 0.2) is 0 Å². The molecule has 1 fully saturated rings. The minimum atomic E-state index is -0.0657. The molecule has 0 bridgehead atoms. The molecule has 1 aliphatic heterocycles. The van der Waals surface area contributed by atoms with Crippen LogP contribution >= 0.6 is 0 Å². The number of aryl methyl sites for hydroxylation is 1. The molecule has 0 atom stereocenters. The Hall–Kier alpha value is -0.671. The van der Waals surface area contributed by atoms with Gasteiger partial charge in [0.25, 0.3) is 0 Å². The van der Waals surface area contributed by atoms with Crippen molar-refractivity contribution in [2.45, 2.75) is 19.8 Å². The van der Waals surface area contributed by atoms with Crippen molar-refractivity contribution >= 4 is 20.6 Å². The summed E-state index contributed by atoms with van der Waals surface area (Å²) in [5, 5.41) is 3.89. The van der Waals surface area contributed by atoms with E-state index in [9.17, 15) is 4.79 Å². The number of aromatic nitrogens is 2. The number of carbonyl (C=O) groups is 1. The van der Waals surface area contributed by atoms with Crippen LogP contribution < -0.4 is 0 Å². The Morgan fingerprint density at radius 2 is 2.15 bits per heavy atom. The van der Waals surface area contributed by atoms with E-state index in [-0.39, 0.29) is 20.6 Å². The molecule has 70 valence electrons. The quantitative estimate of drug-likeness (QED) is 0.657. The second-order valence-electron chi connectivity index (χ2n) is 3.19. The third-order valence-corrected chi connectivity index (χ3v) is 3.95. The molecule has 0 spiro atoms. The summed E-state index contributed by atoms with van der Waals surface area (Å²) < 4.78 is 4.75. The van der Waals surface area contributed by atoms with Crippen LogP contribution in [0.25, 0.3) is 0 Å². The number of nitrogens with zero attached hydrogens (tertiary/aromatic N) is 3. The van der Waals surface area contributed by atoms with E-state index in [1.807, 2.05) is 11.8 Å². The fourth-order valence-electron chi connectivity index (χ4n) is 1.49. The SMILES string of the molecule is Cc1nn[se]c1C(=O)N1CCCC1. The zero-order valence-corrected chi connectivity index (χ0v) is 9.20. The van der Waals surface area contributed by atoms with E-state index in [4.69, 9.17) is 0 Å². The Morgan fingerprint density at radius 1 is 1.46 bits per heavy atom. The monoisotopic (exact) mass is 245 g/mol. The van der Waals surface area contributed by atoms with Crippen LogP contribution in [-0.2, 0) is 0 Å². The van der Waals surface area contributed by atoms with Gasteiger partial charge in [-0.3, -0.25) is 0 Å². The van der Waals surface area contributed by atoms with E-state index in [2.05, 4.69) is 9.19 Å². The first-order valence-corrected chi connectivity index (χ1v) is 5.99. The maximum atomic E-state index is 11.8. The van der Waals surface area contributed by atoms with E-state index < -0.39 is 0 Å². The molecule has 0 radical (unpaired) electrons.